The summed E-state index contributed by atoms with van der Waals surface area (Å²) in [4.78, 5) is 25.0. The highest BCUT2D eigenvalue weighted by molar-refractivity contribution is 6.10. The molecule has 1 amide bonds. The van der Waals surface area contributed by atoms with Crippen molar-refractivity contribution in [2.24, 2.45) is 0 Å². The van der Waals surface area contributed by atoms with Crippen LogP contribution in [0.3, 0.4) is 0 Å². The van der Waals surface area contributed by atoms with Crippen molar-refractivity contribution < 1.29 is 13.6 Å². The molecular weight excluding hydrogens is 556 g/mol. The number of fused-ring (bicyclic) bond motifs is 1. The van der Waals surface area contributed by atoms with Crippen molar-refractivity contribution in [2.75, 3.05) is 13.1 Å². The van der Waals surface area contributed by atoms with Gasteiger partial charge in [0.05, 0.1) is 28.0 Å². The number of para-hydroxylation sites is 2. The number of rotatable bonds is 8. The average molecular weight is 590 g/mol. The van der Waals surface area contributed by atoms with Crippen LogP contribution in [-0.2, 0) is 13.0 Å². The van der Waals surface area contributed by atoms with E-state index in [2.05, 4.69) is 16.1 Å². The number of carbonyl (C=O) groups excluding carboxylic acids is 1. The maximum Gasteiger partial charge on any atom is 0.255 e. The van der Waals surface area contributed by atoms with Crippen LogP contribution >= 0.6 is 0 Å². The number of pyridine rings is 1. The van der Waals surface area contributed by atoms with Gasteiger partial charge in [0.25, 0.3) is 5.91 Å². The Morgan fingerprint density at radius 2 is 1.68 bits per heavy atom. The van der Waals surface area contributed by atoms with Crippen molar-refractivity contribution in [1.29, 1.82) is 5.41 Å². The molecule has 3 aromatic carbocycles. The highest BCUT2D eigenvalue weighted by atomic mass is 19.1. The number of benzene rings is 3. The molecule has 6 nitrogen and oxygen atoms in total. The summed E-state index contributed by atoms with van der Waals surface area (Å²) in [5.74, 6) is 0.295. The van der Waals surface area contributed by atoms with E-state index in [-0.39, 0.29) is 23.4 Å². The summed E-state index contributed by atoms with van der Waals surface area (Å²) < 4.78 is 30.0. The Morgan fingerprint density at radius 3 is 2.41 bits per heavy atom. The first-order valence-electron chi connectivity index (χ1n) is 14.7. The Kier molecular flexibility index (Phi) is 8.15. The number of likely N-dealkylation sites (tertiary alicyclic amines) is 1. The zero-order valence-corrected chi connectivity index (χ0v) is 24.6. The Bertz CT molecular complexity index is 1890. The quantitative estimate of drug-likeness (QED) is 0.152. The van der Waals surface area contributed by atoms with Gasteiger partial charge in [-0.3, -0.25) is 15.2 Å². The molecule has 0 spiro atoms. The molecule has 0 saturated carbocycles. The molecule has 2 aromatic heterocycles. The smallest absolute Gasteiger partial charge is 0.255 e. The Morgan fingerprint density at radius 1 is 0.955 bits per heavy atom. The molecule has 1 fully saturated rings. The first-order valence-corrected chi connectivity index (χ1v) is 14.7. The minimum absolute atomic E-state index is 0.0988. The highest BCUT2D eigenvalue weighted by Gasteiger charge is 2.29. The second-order valence-electron chi connectivity index (χ2n) is 11.5. The van der Waals surface area contributed by atoms with E-state index in [1.54, 1.807) is 30.3 Å². The van der Waals surface area contributed by atoms with Gasteiger partial charge < -0.3 is 9.47 Å². The topological polar surface area (TPSA) is 74.9 Å². The minimum atomic E-state index is -0.423. The van der Waals surface area contributed by atoms with Crippen LogP contribution in [0, 0.1) is 17.0 Å². The van der Waals surface area contributed by atoms with Gasteiger partial charge >= 0.3 is 0 Å². The van der Waals surface area contributed by atoms with Crippen molar-refractivity contribution in [3.63, 3.8) is 0 Å². The maximum atomic E-state index is 14.0. The second kappa shape index (κ2) is 12.3. The third-order valence-corrected chi connectivity index (χ3v) is 8.12. The van der Waals surface area contributed by atoms with Crippen LogP contribution in [0.4, 0.5) is 8.78 Å². The number of amides is 1. The monoisotopic (exact) mass is 589 g/mol. The summed E-state index contributed by atoms with van der Waals surface area (Å²) in [6, 6.07) is 22.3. The summed E-state index contributed by atoms with van der Waals surface area (Å²) in [5.41, 5.74) is 5.73. The predicted octanol–water partition coefficient (Wildman–Crippen LogP) is 7.31. The fourth-order valence-corrected chi connectivity index (χ4v) is 6.01. The van der Waals surface area contributed by atoms with E-state index in [4.69, 9.17) is 10.4 Å². The van der Waals surface area contributed by atoms with Crippen LogP contribution in [-0.4, -0.2) is 44.1 Å². The van der Waals surface area contributed by atoms with Crippen molar-refractivity contribution in [2.45, 2.75) is 38.6 Å². The molecule has 1 aliphatic heterocycles. The average Bonchev–Trinajstić information content (AvgIpc) is 3.38. The van der Waals surface area contributed by atoms with Gasteiger partial charge in [0.2, 0.25) is 0 Å². The summed E-state index contributed by atoms with van der Waals surface area (Å²) in [6.45, 7) is 7.53. The molecule has 5 aromatic rings. The summed E-state index contributed by atoms with van der Waals surface area (Å²) in [7, 11) is 0. The number of carbonyl (C=O) groups is 1. The zero-order chi connectivity index (χ0) is 30.8. The van der Waals surface area contributed by atoms with E-state index in [0.717, 1.165) is 40.8 Å². The van der Waals surface area contributed by atoms with Gasteiger partial charge in [-0.1, -0.05) is 48.6 Å². The number of hydrogen-bond acceptors (Lipinski definition) is 4. The number of imidazole rings is 1. The van der Waals surface area contributed by atoms with Gasteiger partial charge in [-0.05, 0) is 79.8 Å². The Hall–Kier alpha value is -4.98. The lowest BCUT2D eigenvalue weighted by Crippen LogP contribution is -2.38. The molecule has 222 valence electrons. The third kappa shape index (κ3) is 6.06. The van der Waals surface area contributed by atoms with E-state index < -0.39 is 5.82 Å². The van der Waals surface area contributed by atoms with Crippen LogP contribution in [0.15, 0.2) is 97.2 Å². The SMILES string of the molecule is C=C(C)Cc1cc(C(=O)N2CCC(c3nc4ccccc4n3Cc3cccc(F)c3)CC2)cnc1C(=N)c1cccc(F)c1. The molecule has 1 N–H and O–H groups in total. The van der Waals surface area contributed by atoms with Gasteiger partial charge in [-0.25, -0.2) is 13.8 Å². The highest BCUT2D eigenvalue weighted by Crippen LogP contribution is 2.32. The summed E-state index contributed by atoms with van der Waals surface area (Å²) in [6.07, 6.45) is 3.45. The number of aromatic nitrogens is 3. The van der Waals surface area contributed by atoms with E-state index in [1.807, 2.05) is 42.2 Å². The van der Waals surface area contributed by atoms with Gasteiger partial charge in [-0.2, -0.15) is 0 Å². The number of halogens is 2. The van der Waals surface area contributed by atoms with E-state index in [9.17, 15) is 13.6 Å². The molecule has 6 rings (SSSR count). The Labute approximate surface area is 255 Å². The molecule has 44 heavy (non-hydrogen) atoms. The van der Waals surface area contributed by atoms with Gasteiger partial charge in [-0.15, -0.1) is 0 Å². The molecule has 1 aliphatic rings. The molecule has 1 saturated heterocycles. The molecule has 0 aliphatic carbocycles. The van der Waals surface area contributed by atoms with E-state index in [0.29, 0.717) is 48.4 Å². The van der Waals surface area contributed by atoms with Gasteiger partial charge in [0.15, 0.2) is 0 Å². The molecule has 0 atom stereocenters. The number of nitrogens with one attached hydrogen (secondary N) is 1. The number of allylic oxidation sites excluding steroid dienone is 1. The standard InChI is InChI=1S/C36H33F2N5O/c1-23(2)17-27-19-28(21-40-34(27)33(39)26-8-6-10-30(38)20-26)36(44)42-15-13-25(14-16-42)35-41-31-11-3-4-12-32(31)43(35)22-24-7-5-9-29(37)18-24/h3-12,18-21,25,39H,1,13-17,22H2,2H3. The predicted molar refractivity (Wildman–Crippen MR) is 168 cm³/mol. The van der Waals surface area contributed by atoms with Crippen LogP contribution < -0.4 is 0 Å². The molecule has 0 radical (unpaired) electrons. The lowest BCUT2D eigenvalue weighted by molar-refractivity contribution is 0.0710. The lowest BCUT2D eigenvalue weighted by atomic mass is 9.94. The maximum absolute atomic E-state index is 14.0. The first-order chi connectivity index (χ1) is 21.3. The van der Waals surface area contributed by atoms with E-state index >= 15 is 0 Å². The van der Waals surface area contributed by atoms with Crippen molar-refractivity contribution in [1.82, 2.24) is 19.4 Å². The first kappa shape index (κ1) is 29.1. The van der Waals surface area contributed by atoms with Crippen LogP contribution in [0.1, 0.15) is 64.2 Å². The molecule has 8 heteroatoms. The fraction of sp³-hybridized carbons (Fsp3) is 0.222. The molecule has 3 heterocycles. The van der Waals surface area contributed by atoms with Gasteiger partial charge in [0.1, 0.15) is 17.5 Å². The lowest BCUT2D eigenvalue weighted by Gasteiger charge is -2.32. The Balaban J connectivity index is 1.21. The fourth-order valence-electron chi connectivity index (χ4n) is 6.01. The van der Waals surface area contributed by atoms with Crippen molar-refractivity contribution in [3.05, 3.63) is 143 Å². The van der Waals surface area contributed by atoms with Crippen LogP contribution in [0.5, 0.6) is 0 Å². The summed E-state index contributed by atoms with van der Waals surface area (Å²) >= 11 is 0. The number of piperidine rings is 1. The molecule has 0 bridgehead atoms. The third-order valence-electron chi connectivity index (χ3n) is 8.12. The molecule has 0 unspecified atom stereocenters. The number of nitrogens with zero attached hydrogens (tertiary/aromatic N) is 4. The van der Waals surface area contributed by atoms with Gasteiger partial charge in [0, 0.05) is 37.3 Å². The van der Waals surface area contributed by atoms with E-state index in [1.165, 1.54) is 24.4 Å². The second-order valence-corrected chi connectivity index (χ2v) is 11.5. The summed E-state index contributed by atoms with van der Waals surface area (Å²) in [5, 5.41) is 8.69. The number of hydrogen-bond donors (Lipinski definition) is 1. The normalized spacial score (nSPS) is 13.8. The van der Waals surface area contributed by atoms with Crippen molar-refractivity contribution >= 4 is 22.7 Å². The zero-order valence-electron chi connectivity index (χ0n) is 24.6. The molecular formula is C36H33F2N5O. The van der Waals surface area contributed by atoms with Crippen LogP contribution in [0.25, 0.3) is 11.0 Å². The minimum Gasteiger partial charge on any atom is -0.339 e. The van der Waals surface area contributed by atoms with Crippen LogP contribution in [0.2, 0.25) is 0 Å². The largest absolute Gasteiger partial charge is 0.339 e. The van der Waals surface area contributed by atoms with Crippen molar-refractivity contribution in [3.8, 4) is 0 Å².